The lowest BCUT2D eigenvalue weighted by Crippen LogP contribution is -2.40. The van der Waals surface area contributed by atoms with Crippen molar-refractivity contribution in [3.8, 4) is 11.3 Å². The molecule has 1 aromatic carbocycles. The Morgan fingerprint density at radius 2 is 1.97 bits per heavy atom. The first-order chi connectivity index (χ1) is 14.1. The maximum absolute atomic E-state index is 12.5. The van der Waals surface area contributed by atoms with Crippen molar-refractivity contribution in [2.24, 2.45) is 5.92 Å². The Balaban J connectivity index is 1.34. The van der Waals surface area contributed by atoms with E-state index in [1.165, 1.54) is 5.56 Å². The van der Waals surface area contributed by atoms with Gasteiger partial charge in [-0.2, -0.15) is 0 Å². The highest BCUT2D eigenvalue weighted by Crippen LogP contribution is 2.25. The number of aromatic nitrogens is 2. The number of anilines is 1. The summed E-state index contributed by atoms with van der Waals surface area (Å²) in [6.45, 7) is 6.04. The van der Waals surface area contributed by atoms with Crippen molar-refractivity contribution in [3.63, 3.8) is 0 Å². The average molecular weight is 390 g/mol. The zero-order valence-electron chi connectivity index (χ0n) is 16.9. The van der Waals surface area contributed by atoms with Crippen molar-refractivity contribution in [3.05, 3.63) is 65.9 Å². The second kappa shape index (κ2) is 8.47. The Labute approximate surface area is 171 Å². The molecule has 1 aliphatic heterocycles. The van der Waals surface area contributed by atoms with Crippen molar-refractivity contribution in [1.29, 1.82) is 0 Å². The second-order valence-corrected chi connectivity index (χ2v) is 7.62. The predicted octanol–water partition coefficient (Wildman–Crippen LogP) is 3.89. The molecule has 0 radical (unpaired) electrons. The van der Waals surface area contributed by atoms with Gasteiger partial charge in [-0.15, -0.1) is 0 Å². The Kier molecular flexibility index (Phi) is 5.60. The quantitative estimate of drug-likeness (QED) is 0.716. The fourth-order valence-electron chi connectivity index (χ4n) is 3.75. The minimum Gasteiger partial charge on any atom is -0.465 e. The van der Waals surface area contributed by atoms with Crippen LogP contribution in [0.4, 0.5) is 5.82 Å². The maximum atomic E-state index is 12.5. The number of hydrogen-bond donors (Lipinski definition) is 1. The first-order valence-corrected chi connectivity index (χ1v) is 10.1. The highest BCUT2D eigenvalue weighted by molar-refractivity contribution is 5.79. The lowest BCUT2D eigenvalue weighted by Gasteiger charge is -2.32. The van der Waals surface area contributed by atoms with E-state index in [0.717, 1.165) is 54.5 Å². The molecule has 0 bridgehead atoms. The summed E-state index contributed by atoms with van der Waals surface area (Å²) < 4.78 is 5.51. The largest absolute Gasteiger partial charge is 0.465 e. The number of benzene rings is 1. The van der Waals surface area contributed by atoms with Gasteiger partial charge in [-0.1, -0.05) is 23.8 Å². The summed E-state index contributed by atoms with van der Waals surface area (Å²) in [5.41, 5.74) is 3.22. The Hall–Kier alpha value is -3.15. The van der Waals surface area contributed by atoms with Crippen LogP contribution in [0.1, 0.15) is 29.9 Å². The van der Waals surface area contributed by atoms with Gasteiger partial charge in [-0.3, -0.25) is 4.79 Å². The summed E-state index contributed by atoms with van der Waals surface area (Å²) in [6.07, 6.45) is 3.25. The number of aryl methyl sites for hydroxylation is 2. The highest BCUT2D eigenvalue weighted by atomic mass is 16.3. The summed E-state index contributed by atoms with van der Waals surface area (Å²) in [5.74, 6) is 2.69. The van der Waals surface area contributed by atoms with Gasteiger partial charge in [0.25, 0.3) is 0 Å². The zero-order chi connectivity index (χ0) is 20.2. The molecule has 0 atom stereocenters. The van der Waals surface area contributed by atoms with Crippen molar-refractivity contribution in [2.75, 3.05) is 18.0 Å². The minimum absolute atomic E-state index is 0.0281. The fraction of sp³-hybridized carbons (Fsp3) is 0.348. The normalized spacial score (nSPS) is 14.8. The molecule has 1 aliphatic rings. The third-order valence-corrected chi connectivity index (χ3v) is 5.39. The lowest BCUT2D eigenvalue weighted by molar-refractivity contribution is -0.125. The van der Waals surface area contributed by atoms with Crippen molar-refractivity contribution in [2.45, 2.75) is 33.2 Å². The van der Waals surface area contributed by atoms with Crippen molar-refractivity contribution in [1.82, 2.24) is 15.3 Å². The number of nitrogens with zero attached hydrogens (tertiary/aromatic N) is 3. The van der Waals surface area contributed by atoms with Crippen LogP contribution in [0, 0.1) is 19.8 Å². The third kappa shape index (κ3) is 4.65. The van der Waals surface area contributed by atoms with Gasteiger partial charge in [0, 0.05) is 30.6 Å². The number of hydrogen-bond acceptors (Lipinski definition) is 5. The summed E-state index contributed by atoms with van der Waals surface area (Å²) in [5, 5.41) is 3.00. The van der Waals surface area contributed by atoms with E-state index in [4.69, 9.17) is 4.42 Å². The number of carbonyl (C=O) groups is 1. The van der Waals surface area contributed by atoms with Gasteiger partial charge in [-0.05, 0) is 44.9 Å². The van der Waals surface area contributed by atoms with Crippen LogP contribution in [0.15, 0.2) is 53.2 Å². The molecule has 2 aromatic heterocycles. The third-order valence-electron chi connectivity index (χ3n) is 5.39. The number of rotatable bonds is 5. The molecule has 0 unspecified atom stereocenters. The molecule has 1 fully saturated rings. The van der Waals surface area contributed by atoms with Gasteiger partial charge >= 0.3 is 0 Å². The van der Waals surface area contributed by atoms with Gasteiger partial charge in [0.1, 0.15) is 23.7 Å². The van der Waals surface area contributed by atoms with Crippen LogP contribution in [0.3, 0.4) is 0 Å². The number of amides is 1. The van der Waals surface area contributed by atoms with Crippen LogP contribution in [0.5, 0.6) is 0 Å². The molecule has 0 aliphatic carbocycles. The number of carbonyl (C=O) groups excluding carboxylic acids is 1. The van der Waals surface area contributed by atoms with Gasteiger partial charge in [-0.25, -0.2) is 9.97 Å². The van der Waals surface area contributed by atoms with E-state index in [1.54, 1.807) is 6.33 Å². The molecule has 0 saturated carbocycles. The van der Waals surface area contributed by atoms with Crippen LogP contribution in [0.25, 0.3) is 11.3 Å². The van der Waals surface area contributed by atoms with E-state index >= 15 is 0 Å². The first-order valence-electron chi connectivity index (χ1n) is 10.1. The molecule has 150 valence electrons. The van der Waals surface area contributed by atoms with Gasteiger partial charge < -0.3 is 14.6 Å². The molecule has 6 nitrogen and oxygen atoms in total. The average Bonchev–Trinajstić information content (AvgIpc) is 3.17. The minimum atomic E-state index is 0.0281. The van der Waals surface area contributed by atoms with Crippen LogP contribution < -0.4 is 10.2 Å². The molecule has 3 heterocycles. The van der Waals surface area contributed by atoms with Crippen LogP contribution in [-0.2, 0) is 11.3 Å². The summed E-state index contributed by atoms with van der Waals surface area (Å²) in [7, 11) is 0. The fourth-order valence-corrected chi connectivity index (χ4v) is 3.75. The zero-order valence-corrected chi connectivity index (χ0v) is 16.9. The molecule has 1 amide bonds. The van der Waals surface area contributed by atoms with Gasteiger partial charge in [0.15, 0.2) is 0 Å². The molecule has 4 rings (SSSR count). The smallest absolute Gasteiger partial charge is 0.223 e. The number of furan rings is 1. The predicted molar refractivity (Wildman–Crippen MR) is 112 cm³/mol. The molecule has 1 saturated heterocycles. The summed E-state index contributed by atoms with van der Waals surface area (Å²) in [6, 6.07) is 14.2. The summed E-state index contributed by atoms with van der Waals surface area (Å²) >= 11 is 0. The SMILES string of the molecule is Cc1cccc(-c2cc(N3CCC(C(=O)NCc4ccc(C)o4)CC3)ncn2)c1. The topological polar surface area (TPSA) is 71.3 Å². The standard InChI is InChI=1S/C23H26N4O2/c1-16-4-3-5-19(12-16)21-13-22(26-15-25-21)27-10-8-18(9-11-27)23(28)24-14-20-7-6-17(2)29-20/h3-7,12-13,15,18H,8-11,14H2,1-2H3,(H,24,28). The molecule has 29 heavy (non-hydrogen) atoms. The number of nitrogens with one attached hydrogen (secondary N) is 1. The molecular formula is C23H26N4O2. The molecule has 0 spiro atoms. The van der Waals surface area contributed by atoms with E-state index in [9.17, 15) is 4.79 Å². The molecular weight excluding hydrogens is 364 g/mol. The molecule has 3 aromatic rings. The van der Waals surface area contributed by atoms with E-state index < -0.39 is 0 Å². The monoisotopic (exact) mass is 390 g/mol. The van der Waals surface area contributed by atoms with Crippen LogP contribution in [-0.4, -0.2) is 29.0 Å². The summed E-state index contributed by atoms with van der Waals surface area (Å²) in [4.78, 5) is 23.6. The van der Waals surface area contributed by atoms with Gasteiger partial charge in [0.05, 0.1) is 12.2 Å². The lowest BCUT2D eigenvalue weighted by atomic mass is 9.96. The van der Waals surface area contributed by atoms with Crippen LogP contribution >= 0.6 is 0 Å². The Morgan fingerprint density at radius 1 is 1.14 bits per heavy atom. The maximum Gasteiger partial charge on any atom is 0.223 e. The van der Waals surface area contributed by atoms with E-state index in [-0.39, 0.29) is 11.8 Å². The molecule has 1 N–H and O–H groups in total. The van der Waals surface area contributed by atoms with Crippen molar-refractivity contribution >= 4 is 11.7 Å². The van der Waals surface area contributed by atoms with E-state index in [0.29, 0.717) is 6.54 Å². The Bertz CT molecular complexity index is 990. The second-order valence-electron chi connectivity index (χ2n) is 7.62. The molecule has 6 heteroatoms. The van der Waals surface area contributed by atoms with E-state index in [1.807, 2.05) is 31.2 Å². The number of piperidine rings is 1. The van der Waals surface area contributed by atoms with E-state index in [2.05, 4.69) is 45.3 Å². The van der Waals surface area contributed by atoms with Gasteiger partial charge in [0.2, 0.25) is 5.91 Å². The Morgan fingerprint density at radius 3 is 2.69 bits per heavy atom. The van der Waals surface area contributed by atoms with Crippen molar-refractivity contribution < 1.29 is 9.21 Å². The first kappa shape index (κ1) is 19.2. The van der Waals surface area contributed by atoms with Crippen LogP contribution in [0.2, 0.25) is 0 Å². The highest BCUT2D eigenvalue weighted by Gasteiger charge is 2.25.